The first-order valence-corrected chi connectivity index (χ1v) is 8.10. The Morgan fingerprint density at radius 3 is 2.76 bits per heavy atom. The minimum absolute atomic E-state index is 0.154. The summed E-state index contributed by atoms with van der Waals surface area (Å²) in [7, 11) is -2.12. The molecule has 0 saturated heterocycles. The Balaban J connectivity index is 1.94. The molecule has 0 spiro atoms. The summed E-state index contributed by atoms with van der Waals surface area (Å²) in [5.74, 6) is 0.446. The number of hydrogen-bond acceptors (Lipinski definition) is 4. The summed E-state index contributed by atoms with van der Waals surface area (Å²) in [6, 6.07) is 8.15. The van der Waals surface area contributed by atoms with Gasteiger partial charge in [-0.25, -0.2) is 8.42 Å². The lowest BCUT2D eigenvalue weighted by molar-refractivity contribution is 0.414. The van der Waals surface area contributed by atoms with Crippen LogP contribution in [-0.2, 0) is 23.1 Å². The summed E-state index contributed by atoms with van der Waals surface area (Å²) < 4.78 is 31.7. The molecule has 0 amide bonds. The number of methoxy groups -OCH3 is 1. The van der Waals surface area contributed by atoms with Crippen molar-refractivity contribution in [3.63, 3.8) is 0 Å². The van der Waals surface area contributed by atoms with E-state index in [9.17, 15) is 8.42 Å². The highest BCUT2D eigenvalue weighted by atomic mass is 35.5. The highest BCUT2D eigenvalue weighted by molar-refractivity contribution is 7.89. The van der Waals surface area contributed by atoms with E-state index >= 15 is 0 Å². The van der Waals surface area contributed by atoms with Crippen molar-refractivity contribution in [1.29, 1.82) is 0 Å². The molecule has 110 valence electrons. The Hall–Kier alpha value is -1.63. The van der Waals surface area contributed by atoms with Gasteiger partial charge in [-0.3, -0.25) is 4.98 Å². The van der Waals surface area contributed by atoms with E-state index in [2.05, 4.69) is 4.98 Å². The van der Waals surface area contributed by atoms with Crippen molar-refractivity contribution in [3.8, 4) is 5.75 Å². The number of fused-ring (bicyclic) bond motifs is 1. The monoisotopic (exact) mass is 324 g/mol. The zero-order valence-corrected chi connectivity index (χ0v) is 12.9. The summed E-state index contributed by atoms with van der Waals surface area (Å²) in [6.07, 6.45) is 1.67. The van der Waals surface area contributed by atoms with Crippen molar-refractivity contribution in [1.82, 2.24) is 9.29 Å². The molecule has 5 nitrogen and oxygen atoms in total. The van der Waals surface area contributed by atoms with Crippen molar-refractivity contribution in [3.05, 3.63) is 52.8 Å². The second-order valence-corrected chi connectivity index (χ2v) is 7.02. The van der Waals surface area contributed by atoms with Crippen LogP contribution in [-0.4, -0.2) is 24.8 Å². The van der Waals surface area contributed by atoms with Crippen LogP contribution >= 0.6 is 11.6 Å². The molecule has 0 atom stereocenters. The van der Waals surface area contributed by atoms with Crippen molar-refractivity contribution < 1.29 is 13.2 Å². The maximum absolute atomic E-state index is 12.7. The van der Waals surface area contributed by atoms with Crippen LogP contribution in [0.3, 0.4) is 0 Å². The van der Waals surface area contributed by atoms with Gasteiger partial charge in [0.15, 0.2) is 0 Å². The first-order valence-electron chi connectivity index (χ1n) is 6.29. The van der Waals surface area contributed by atoms with Crippen LogP contribution in [0.25, 0.3) is 0 Å². The molecule has 0 N–H and O–H groups in total. The van der Waals surface area contributed by atoms with Gasteiger partial charge in [-0.15, -0.1) is 0 Å². The molecule has 0 radical (unpaired) electrons. The Labute approximate surface area is 128 Å². The summed E-state index contributed by atoms with van der Waals surface area (Å²) in [5.41, 5.74) is 1.72. The molecule has 21 heavy (non-hydrogen) atoms. The summed E-state index contributed by atoms with van der Waals surface area (Å²) in [5, 5.41) is 0.272. The molecule has 2 aromatic rings. The van der Waals surface area contributed by atoms with E-state index in [4.69, 9.17) is 16.3 Å². The van der Waals surface area contributed by atoms with Crippen LogP contribution in [0.2, 0.25) is 5.02 Å². The molecule has 2 heterocycles. The van der Waals surface area contributed by atoms with Crippen LogP contribution < -0.4 is 4.74 Å². The Morgan fingerprint density at radius 1 is 1.29 bits per heavy atom. The van der Waals surface area contributed by atoms with Crippen molar-refractivity contribution in [2.75, 3.05) is 7.11 Å². The average Bonchev–Trinajstić information content (AvgIpc) is 2.92. The van der Waals surface area contributed by atoms with Crippen LogP contribution in [0.4, 0.5) is 0 Å². The number of aromatic nitrogens is 1. The minimum atomic E-state index is -3.60. The molecule has 0 unspecified atom stereocenters. The van der Waals surface area contributed by atoms with E-state index in [0.717, 1.165) is 11.3 Å². The fourth-order valence-corrected chi connectivity index (χ4v) is 4.03. The molecule has 0 bridgehead atoms. The second-order valence-electron chi connectivity index (χ2n) is 4.68. The lowest BCUT2D eigenvalue weighted by atomic mass is 10.2. The number of sulfonamides is 1. The number of hydrogen-bond donors (Lipinski definition) is 0. The Kier molecular flexibility index (Phi) is 3.61. The third kappa shape index (κ3) is 2.50. The molecule has 1 aliphatic rings. The van der Waals surface area contributed by atoms with Gasteiger partial charge in [0, 0.05) is 12.7 Å². The fraction of sp³-hybridized carbons (Fsp3) is 0.214. The number of halogens is 1. The predicted molar refractivity (Wildman–Crippen MR) is 78.7 cm³/mol. The van der Waals surface area contributed by atoms with Crippen LogP contribution in [0, 0.1) is 0 Å². The SMILES string of the molecule is COc1ccc(S(=O)(=O)N2Cc3cccnc3C2)cc1Cl. The number of ether oxygens (including phenoxy) is 1. The van der Waals surface area contributed by atoms with E-state index in [1.165, 1.54) is 23.5 Å². The van der Waals surface area contributed by atoms with Crippen LogP contribution in [0.1, 0.15) is 11.3 Å². The number of rotatable bonds is 3. The zero-order chi connectivity index (χ0) is 15.0. The Morgan fingerprint density at radius 2 is 2.10 bits per heavy atom. The van der Waals surface area contributed by atoms with Gasteiger partial charge in [0.1, 0.15) is 5.75 Å². The third-order valence-corrected chi connectivity index (χ3v) is 5.50. The van der Waals surface area contributed by atoms with Gasteiger partial charge in [0.05, 0.1) is 29.3 Å². The number of benzene rings is 1. The van der Waals surface area contributed by atoms with Gasteiger partial charge in [-0.1, -0.05) is 17.7 Å². The van der Waals surface area contributed by atoms with Gasteiger partial charge in [-0.05, 0) is 29.8 Å². The maximum Gasteiger partial charge on any atom is 0.243 e. The summed E-state index contributed by atoms with van der Waals surface area (Å²) in [4.78, 5) is 4.36. The van der Waals surface area contributed by atoms with Gasteiger partial charge in [0.2, 0.25) is 10.0 Å². The predicted octanol–water partition coefficient (Wildman–Crippen LogP) is 2.45. The third-order valence-electron chi connectivity index (χ3n) is 3.42. The van der Waals surface area contributed by atoms with Gasteiger partial charge in [-0.2, -0.15) is 4.31 Å². The molecule has 7 heteroatoms. The van der Waals surface area contributed by atoms with Gasteiger partial charge < -0.3 is 4.74 Å². The first-order chi connectivity index (χ1) is 10.0. The smallest absolute Gasteiger partial charge is 0.243 e. The number of nitrogens with zero attached hydrogens (tertiary/aromatic N) is 2. The highest BCUT2D eigenvalue weighted by Gasteiger charge is 2.31. The fourth-order valence-electron chi connectivity index (χ4n) is 2.30. The van der Waals surface area contributed by atoms with Crippen molar-refractivity contribution >= 4 is 21.6 Å². The normalized spacial score (nSPS) is 15.0. The summed E-state index contributed by atoms with van der Waals surface area (Å²) in [6.45, 7) is 0.608. The zero-order valence-electron chi connectivity index (χ0n) is 11.3. The quantitative estimate of drug-likeness (QED) is 0.870. The van der Waals surface area contributed by atoms with E-state index in [1.54, 1.807) is 18.3 Å². The van der Waals surface area contributed by atoms with E-state index in [-0.39, 0.29) is 16.5 Å². The van der Waals surface area contributed by atoms with Crippen LogP contribution in [0.15, 0.2) is 41.4 Å². The maximum atomic E-state index is 12.7. The molecule has 1 aromatic carbocycles. The van der Waals surface area contributed by atoms with Crippen molar-refractivity contribution in [2.24, 2.45) is 0 Å². The largest absolute Gasteiger partial charge is 0.495 e. The molecule has 0 fully saturated rings. The van der Waals surface area contributed by atoms with E-state index < -0.39 is 10.0 Å². The highest BCUT2D eigenvalue weighted by Crippen LogP contribution is 2.31. The standard InChI is InChI=1S/C14H13ClN2O3S/c1-20-14-5-4-11(7-12(14)15)21(18,19)17-8-10-3-2-6-16-13(10)9-17/h2-7H,8-9H2,1H3. The lowest BCUT2D eigenvalue weighted by Crippen LogP contribution is -2.25. The van der Waals surface area contributed by atoms with Crippen molar-refractivity contribution in [2.45, 2.75) is 18.0 Å². The topological polar surface area (TPSA) is 59.5 Å². The first kappa shape index (κ1) is 14.3. The molecule has 1 aliphatic heterocycles. The van der Waals surface area contributed by atoms with Gasteiger partial charge in [0.25, 0.3) is 0 Å². The lowest BCUT2D eigenvalue weighted by Gasteiger charge is -2.16. The molecule has 1 aromatic heterocycles. The van der Waals surface area contributed by atoms with E-state index in [1.807, 2.05) is 6.07 Å². The molecular formula is C14H13ClN2O3S. The molecule has 0 aliphatic carbocycles. The van der Waals surface area contributed by atoms with Gasteiger partial charge >= 0.3 is 0 Å². The number of pyridine rings is 1. The minimum Gasteiger partial charge on any atom is -0.495 e. The molecule has 3 rings (SSSR count). The molecule has 0 saturated carbocycles. The van der Waals surface area contributed by atoms with E-state index in [0.29, 0.717) is 12.3 Å². The molecular weight excluding hydrogens is 312 g/mol. The average molecular weight is 325 g/mol. The summed E-state index contributed by atoms with van der Waals surface area (Å²) >= 11 is 6.01. The van der Waals surface area contributed by atoms with Crippen LogP contribution in [0.5, 0.6) is 5.75 Å². The Bertz CT molecular complexity index is 768. The second kappa shape index (κ2) is 5.29.